The van der Waals surface area contributed by atoms with E-state index >= 15 is 0 Å². The molecule has 0 aromatic heterocycles. The van der Waals surface area contributed by atoms with Crippen LogP contribution in [0.1, 0.15) is 12.5 Å². The first kappa shape index (κ1) is 11.0. The van der Waals surface area contributed by atoms with E-state index in [1.165, 1.54) is 0 Å². The third kappa shape index (κ3) is 2.70. The Kier molecular flexibility index (Phi) is 3.89. The second-order valence-corrected chi connectivity index (χ2v) is 3.75. The highest BCUT2D eigenvalue weighted by Crippen LogP contribution is 2.26. The number of hydrogen-bond acceptors (Lipinski definition) is 2. The molecule has 0 aliphatic rings. The molecular formula is C11H11BrO2. The fourth-order valence-corrected chi connectivity index (χ4v) is 1.63. The van der Waals surface area contributed by atoms with E-state index in [4.69, 9.17) is 4.74 Å². The van der Waals surface area contributed by atoms with Gasteiger partial charge in [-0.15, -0.1) is 0 Å². The van der Waals surface area contributed by atoms with Gasteiger partial charge in [-0.3, -0.25) is 4.79 Å². The van der Waals surface area contributed by atoms with Gasteiger partial charge in [0.05, 0.1) is 11.6 Å². The van der Waals surface area contributed by atoms with Crippen molar-refractivity contribution in [2.75, 3.05) is 7.11 Å². The average Bonchev–Trinajstić information content (AvgIpc) is 2.18. The summed E-state index contributed by atoms with van der Waals surface area (Å²) >= 11 is 3.38. The Morgan fingerprint density at radius 1 is 1.50 bits per heavy atom. The second-order valence-electron chi connectivity index (χ2n) is 2.90. The van der Waals surface area contributed by atoms with Gasteiger partial charge >= 0.3 is 0 Å². The van der Waals surface area contributed by atoms with Crippen molar-refractivity contribution in [1.29, 1.82) is 0 Å². The van der Waals surface area contributed by atoms with Crippen LogP contribution in [0, 0.1) is 0 Å². The van der Waals surface area contributed by atoms with Crippen LogP contribution in [-0.4, -0.2) is 13.4 Å². The van der Waals surface area contributed by atoms with Crippen LogP contribution in [0.25, 0.3) is 6.08 Å². The van der Waals surface area contributed by atoms with Crippen molar-refractivity contribution in [1.82, 2.24) is 0 Å². The lowest BCUT2D eigenvalue weighted by Gasteiger charge is -2.03. The Morgan fingerprint density at radius 3 is 2.71 bits per heavy atom. The van der Waals surface area contributed by atoms with Crippen LogP contribution in [0.3, 0.4) is 0 Å². The van der Waals surface area contributed by atoms with Crippen LogP contribution in [-0.2, 0) is 4.79 Å². The zero-order valence-electron chi connectivity index (χ0n) is 8.08. The molecule has 1 aromatic rings. The highest BCUT2D eigenvalue weighted by atomic mass is 79.9. The summed E-state index contributed by atoms with van der Waals surface area (Å²) in [6, 6.07) is 5.66. The Labute approximate surface area is 91.7 Å². The molecule has 0 atom stereocenters. The third-order valence-corrected chi connectivity index (χ3v) is 2.38. The Bertz CT molecular complexity index is 370. The van der Waals surface area contributed by atoms with E-state index in [2.05, 4.69) is 15.9 Å². The van der Waals surface area contributed by atoms with Crippen molar-refractivity contribution in [2.24, 2.45) is 0 Å². The first-order chi connectivity index (χ1) is 6.67. The molecule has 0 aliphatic carbocycles. The summed E-state index contributed by atoms with van der Waals surface area (Å²) in [5, 5.41) is 0. The average molecular weight is 255 g/mol. The summed E-state index contributed by atoms with van der Waals surface area (Å²) in [6.45, 7) is 1.77. The number of ether oxygens (including phenoxy) is 1. The van der Waals surface area contributed by atoms with Gasteiger partial charge in [-0.1, -0.05) is 6.07 Å². The molecule has 0 heterocycles. The van der Waals surface area contributed by atoms with Crippen molar-refractivity contribution < 1.29 is 9.53 Å². The molecule has 2 nitrogen and oxygen atoms in total. The number of aldehydes is 1. The fraction of sp³-hybridized carbons (Fsp3) is 0.182. The van der Waals surface area contributed by atoms with E-state index in [0.717, 1.165) is 22.1 Å². The third-order valence-electron chi connectivity index (χ3n) is 1.76. The molecule has 0 fully saturated rings. The van der Waals surface area contributed by atoms with Crippen molar-refractivity contribution in [2.45, 2.75) is 6.92 Å². The molecule has 0 spiro atoms. The van der Waals surface area contributed by atoms with Gasteiger partial charge in [0.25, 0.3) is 0 Å². The maximum Gasteiger partial charge on any atom is 0.145 e. The first-order valence-electron chi connectivity index (χ1n) is 4.14. The van der Waals surface area contributed by atoms with Gasteiger partial charge in [0, 0.05) is 0 Å². The van der Waals surface area contributed by atoms with E-state index in [1.807, 2.05) is 24.3 Å². The minimum atomic E-state index is 0.696. The maximum absolute atomic E-state index is 10.4. The number of carbonyl (C=O) groups is 1. The number of benzene rings is 1. The van der Waals surface area contributed by atoms with Crippen LogP contribution in [0.5, 0.6) is 5.75 Å². The van der Waals surface area contributed by atoms with Gasteiger partial charge < -0.3 is 4.74 Å². The van der Waals surface area contributed by atoms with Gasteiger partial charge in [0.2, 0.25) is 0 Å². The highest BCUT2D eigenvalue weighted by molar-refractivity contribution is 9.10. The van der Waals surface area contributed by atoms with Crippen LogP contribution in [0.15, 0.2) is 28.2 Å². The van der Waals surface area contributed by atoms with E-state index in [0.29, 0.717) is 5.57 Å². The predicted molar refractivity (Wildman–Crippen MR) is 60.4 cm³/mol. The van der Waals surface area contributed by atoms with Crippen LogP contribution in [0.2, 0.25) is 0 Å². The minimum Gasteiger partial charge on any atom is -0.496 e. The Hall–Kier alpha value is -1.09. The summed E-state index contributed by atoms with van der Waals surface area (Å²) < 4.78 is 5.98. The number of methoxy groups -OCH3 is 1. The first-order valence-corrected chi connectivity index (χ1v) is 4.93. The lowest BCUT2D eigenvalue weighted by Crippen LogP contribution is -1.85. The van der Waals surface area contributed by atoms with Gasteiger partial charge in [-0.05, 0) is 52.2 Å². The molecule has 0 aliphatic heterocycles. The van der Waals surface area contributed by atoms with E-state index in [-0.39, 0.29) is 0 Å². The molecular weight excluding hydrogens is 244 g/mol. The molecule has 0 saturated carbocycles. The molecule has 3 heteroatoms. The molecule has 0 saturated heterocycles. The van der Waals surface area contributed by atoms with Gasteiger partial charge in [-0.2, -0.15) is 0 Å². The van der Waals surface area contributed by atoms with Gasteiger partial charge in [0.15, 0.2) is 0 Å². The van der Waals surface area contributed by atoms with E-state index in [1.54, 1.807) is 14.0 Å². The topological polar surface area (TPSA) is 26.3 Å². The zero-order chi connectivity index (χ0) is 10.6. The number of hydrogen-bond donors (Lipinski definition) is 0. The fourth-order valence-electron chi connectivity index (χ4n) is 1.07. The van der Waals surface area contributed by atoms with Gasteiger partial charge in [-0.25, -0.2) is 0 Å². The maximum atomic E-state index is 10.4. The van der Waals surface area contributed by atoms with Crippen molar-refractivity contribution in [3.63, 3.8) is 0 Å². The molecule has 0 N–H and O–H groups in total. The number of carbonyl (C=O) groups excluding carboxylic acids is 1. The molecule has 1 aromatic carbocycles. The van der Waals surface area contributed by atoms with Gasteiger partial charge in [0.1, 0.15) is 12.0 Å². The molecule has 0 amide bonds. The summed E-state index contributed by atoms with van der Waals surface area (Å²) in [5.74, 6) is 0.783. The normalized spacial score (nSPS) is 11.2. The number of halogens is 1. The summed E-state index contributed by atoms with van der Waals surface area (Å²) in [5.41, 5.74) is 1.67. The van der Waals surface area contributed by atoms with Crippen molar-refractivity contribution in [3.8, 4) is 5.75 Å². The smallest absolute Gasteiger partial charge is 0.145 e. The summed E-state index contributed by atoms with van der Waals surface area (Å²) in [7, 11) is 1.62. The largest absolute Gasteiger partial charge is 0.496 e. The second kappa shape index (κ2) is 4.96. The highest BCUT2D eigenvalue weighted by Gasteiger charge is 1.99. The molecule has 0 unspecified atom stereocenters. The van der Waals surface area contributed by atoms with Crippen LogP contribution < -0.4 is 4.74 Å². The van der Waals surface area contributed by atoms with Crippen molar-refractivity contribution in [3.05, 3.63) is 33.8 Å². The van der Waals surface area contributed by atoms with Crippen LogP contribution in [0.4, 0.5) is 0 Å². The predicted octanol–water partition coefficient (Wildman–Crippen LogP) is 3.06. The van der Waals surface area contributed by atoms with E-state index in [9.17, 15) is 4.79 Å². The van der Waals surface area contributed by atoms with Crippen molar-refractivity contribution >= 4 is 28.3 Å². The molecule has 14 heavy (non-hydrogen) atoms. The molecule has 0 radical (unpaired) electrons. The Morgan fingerprint density at radius 2 is 2.21 bits per heavy atom. The quantitative estimate of drug-likeness (QED) is 0.612. The summed E-state index contributed by atoms with van der Waals surface area (Å²) in [4.78, 5) is 10.4. The molecule has 0 bridgehead atoms. The zero-order valence-corrected chi connectivity index (χ0v) is 9.67. The lowest BCUT2D eigenvalue weighted by molar-refractivity contribution is -0.104. The lowest BCUT2D eigenvalue weighted by atomic mass is 10.1. The molecule has 74 valence electrons. The van der Waals surface area contributed by atoms with E-state index < -0.39 is 0 Å². The summed E-state index contributed by atoms with van der Waals surface area (Å²) in [6.07, 6.45) is 2.65. The minimum absolute atomic E-state index is 0.696. The SMILES string of the molecule is COc1ccc(C=C(C)C=O)cc1Br. The standard InChI is InChI=1S/C11H11BrO2/c1-8(7-13)5-9-3-4-11(14-2)10(12)6-9/h3-7H,1-2H3. The number of rotatable bonds is 3. The number of allylic oxidation sites excluding steroid dienone is 1. The molecule has 1 rings (SSSR count). The van der Waals surface area contributed by atoms with Crippen LogP contribution >= 0.6 is 15.9 Å². The Balaban J connectivity index is 3.03. The monoisotopic (exact) mass is 254 g/mol.